The third-order valence-corrected chi connectivity index (χ3v) is 5.46. The summed E-state index contributed by atoms with van der Waals surface area (Å²) in [7, 11) is 0. The Balaban J connectivity index is 1.32. The summed E-state index contributed by atoms with van der Waals surface area (Å²) in [6.07, 6.45) is 4.50. The number of benzene rings is 1. The molecule has 146 valence electrons. The molecular weight excluding hydrogens is 366 g/mol. The van der Waals surface area contributed by atoms with Gasteiger partial charge < -0.3 is 14.8 Å². The molecule has 3 heterocycles. The van der Waals surface area contributed by atoms with Crippen LogP contribution in [0.25, 0.3) is 22.4 Å². The van der Waals surface area contributed by atoms with Gasteiger partial charge in [-0.2, -0.15) is 4.98 Å². The van der Waals surface area contributed by atoms with E-state index in [2.05, 4.69) is 50.5 Å². The van der Waals surface area contributed by atoms with Gasteiger partial charge in [0.25, 0.3) is 0 Å². The number of hydrogen-bond donors (Lipinski definition) is 2. The molecule has 1 unspecified atom stereocenters. The van der Waals surface area contributed by atoms with E-state index in [1.807, 2.05) is 18.2 Å². The second-order valence-corrected chi connectivity index (χ2v) is 7.46. The molecule has 0 radical (unpaired) electrons. The minimum Gasteiger partial charge on any atom is -0.357 e. The van der Waals surface area contributed by atoms with Crippen molar-refractivity contribution in [3.63, 3.8) is 0 Å². The number of carbonyl (C=O) groups is 1. The molecule has 7 nitrogen and oxygen atoms in total. The average molecular weight is 387 g/mol. The van der Waals surface area contributed by atoms with Crippen molar-refractivity contribution in [2.45, 2.75) is 38.6 Å². The first-order valence-electron chi connectivity index (χ1n) is 9.82. The Morgan fingerprint density at radius 1 is 1.31 bits per heavy atom. The number of rotatable bonds is 4. The maximum absolute atomic E-state index is 12.9. The first-order chi connectivity index (χ1) is 14.2. The van der Waals surface area contributed by atoms with Gasteiger partial charge in [0.2, 0.25) is 17.6 Å². The summed E-state index contributed by atoms with van der Waals surface area (Å²) in [4.78, 5) is 24.9. The third-order valence-electron chi connectivity index (χ3n) is 5.46. The number of aryl methyl sites for hydroxylation is 2. The van der Waals surface area contributed by atoms with Crippen molar-refractivity contribution in [3.8, 4) is 11.5 Å². The van der Waals surface area contributed by atoms with Gasteiger partial charge in [-0.1, -0.05) is 22.9 Å². The molecule has 0 saturated heterocycles. The fourth-order valence-electron chi connectivity index (χ4n) is 4.05. The monoisotopic (exact) mass is 387 g/mol. The highest BCUT2D eigenvalue weighted by Gasteiger charge is 2.29. The number of amides is 1. The second-order valence-electron chi connectivity index (χ2n) is 7.46. The highest BCUT2D eigenvalue weighted by Crippen LogP contribution is 2.36. The summed E-state index contributed by atoms with van der Waals surface area (Å²) >= 11 is 0. The van der Waals surface area contributed by atoms with E-state index < -0.39 is 0 Å². The van der Waals surface area contributed by atoms with E-state index >= 15 is 0 Å². The lowest BCUT2D eigenvalue weighted by molar-refractivity contribution is -0.123. The SMILES string of the molecule is Cc1ccc2[nH]c3c(c2c1)CCCC3C(=O)NCc1nc(-c2ccccn2)no1. The molecule has 0 spiro atoms. The van der Waals surface area contributed by atoms with Crippen LogP contribution < -0.4 is 5.32 Å². The van der Waals surface area contributed by atoms with Gasteiger partial charge in [0.05, 0.1) is 12.5 Å². The van der Waals surface area contributed by atoms with E-state index in [1.165, 1.54) is 16.5 Å². The molecular formula is C22H21N5O2. The van der Waals surface area contributed by atoms with Crippen LogP contribution in [0.15, 0.2) is 47.1 Å². The number of carbonyl (C=O) groups excluding carboxylic acids is 1. The Hall–Kier alpha value is -3.48. The number of H-pyrrole nitrogens is 1. The quantitative estimate of drug-likeness (QED) is 0.557. The molecule has 5 rings (SSSR count). The van der Waals surface area contributed by atoms with Crippen LogP contribution in [-0.4, -0.2) is 26.0 Å². The number of nitrogens with one attached hydrogen (secondary N) is 2. The van der Waals surface area contributed by atoms with Crippen LogP contribution in [0.1, 0.15) is 41.5 Å². The van der Waals surface area contributed by atoms with Crippen molar-refractivity contribution in [2.24, 2.45) is 0 Å². The zero-order valence-electron chi connectivity index (χ0n) is 16.1. The van der Waals surface area contributed by atoms with Crippen molar-refractivity contribution < 1.29 is 9.32 Å². The number of hydrogen-bond acceptors (Lipinski definition) is 5. The molecule has 4 aromatic rings. The maximum Gasteiger partial charge on any atom is 0.246 e. The van der Waals surface area contributed by atoms with E-state index in [1.54, 1.807) is 6.20 Å². The van der Waals surface area contributed by atoms with Crippen LogP contribution in [0, 0.1) is 6.92 Å². The molecule has 0 bridgehead atoms. The largest absolute Gasteiger partial charge is 0.357 e. The lowest BCUT2D eigenvalue weighted by Gasteiger charge is -2.21. The van der Waals surface area contributed by atoms with Gasteiger partial charge in [-0.3, -0.25) is 9.78 Å². The maximum atomic E-state index is 12.9. The van der Waals surface area contributed by atoms with Crippen molar-refractivity contribution in [3.05, 3.63) is 65.3 Å². The van der Waals surface area contributed by atoms with E-state index in [4.69, 9.17) is 4.52 Å². The van der Waals surface area contributed by atoms with E-state index in [-0.39, 0.29) is 18.4 Å². The Morgan fingerprint density at radius 2 is 2.24 bits per heavy atom. The van der Waals surface area contributed by atoms with Gasteiger partial charge in [0.1, 0.15) is 5.69 Å². The van der Waals surface area contributed by atoms with Gasteiger partial charge in [0.15, 0.2) is 0 Å². The molecule has 0 saturated carbocycles. The van der Waals surface area contributed by atoms with E-state index in [9.17, 15) is 4.79 Å². The van der Waals surface area contributed by atoms with E-state index in [0.29, 0.717) is 17.4 Å². The predicted molar refractivity (Wildman–Crippen MR) is 108 cm³/mol. The smallest absolute Gasteiger partial charge is 0.246 e. The Labute approximate surface area is 167 Å². The fraction of sp³-hybridized carbons (Fsp3) is 0.273. The molecule has 1 aliphatic carbocycles. The summed E-state index contributed by atoms with van der Waals surface area (Å²) in [6, 6.07) is 11.9. The summed E-state index contributed by atoms with van der Waals surface area (Å²) in [5.74, 6) is 0.569. The molecule has 1 aromatic carbocycles. The van der Waals surface area contributed by atoms with Crippen molar-refractivity contribution >= 4 is 16.8 Å². The molecule has 0 fully saturated rings. The third kappa shape index (κ3) is 3.29. The van der Waals surface area contributed by atoms with Gasteiger partial charge in [-0.15, -0.1) is 0 Å². The average Bonchev–Trinajstić information content (AvgIpc) is 3.37. The van der Waals surface area contributed by atoms with Gasteiger partial charge in [-0.05, 0) is 56.0 Å². The van der Waals surface area contributed by atoms with Gasteiger partial charge in [-0.25, -0.2) is 0 Å². The first-order valence-corrected chi connectivity index (χ1v) is 9.82. The Bertz CT molecular complexity index is 1180. The predicted octanol–water partition coefficient (Wildman–Crippen LogP) is 3.66. The van der Waals surface area contributed by atoms with Crippen LogP contribution in [-0.2, 0) is 17.8 Å². The fourth-order valence-corrected chi connectivity index (χ4v) is 4.05. The molecule has 0 aliphatic heterocycles. The summed E-state index contributed by atoms with van der Waals surface area (Å²) in [6.45, 7) is 2.29. The number of fused-ring (bicyclic) bond motifs is 3. The topological polar surface area (TPSA) is 96.7 Å². The van der Waals surface area contributed by atoms with Crippen LogP contribution in [0.2, 0.25) is 0 Å². The van der Waals surface area contributed by atoms with Crippen molar-refractivity contribution in [1.29, 1.82) is 0 Å². The first kappa shape index (κ1) is 17.6. The van der Waals surface area contributed by atoms with E-state index in [0.717, 1.165) is 30.5 Å². The highest BCUT2D eigenvalue weighted by molar-refractivity contribution is 5.90. The molecule has 1 atom stereocenters. The summed E-state index contributed by atoms with van der Waals surface area (Å²) < 4.78 is 5.26. The van der Waals surface area contributed by atoms with Crippen LogP contribution >= 0.6 is 0 Å². The molecule has 29 heavy (non-hydrogen) atoms. The number of aromatic amines is 1. The van der Waals surface area contributed by atoms with Gasteiger partial charge >= 0.3 is 0 Å². The summed E-state index contributed by atoms with van der Waals surface area (Å²) in [5.41, 5.74) is 5.27. The normalized spacial score (nSPS) is 16.0. The van der Waals surface area contributed by atoms with Crippen molar-refractivity contribution in [1.82, 2.24) is 25.4 Å². The Morgan fingerprint density at radius 3 is 3.10 bits per heavy atom. The van der Waals surface area contributed by atoms with Crippen molar-refractivity contribution in [2.75, 3.05) is 0 Å². The minimum absolute atomic E-state index is 0.0215. The van der Waals surface area contributed by atoms with Gasteiger partial charge in [0, 0.05) is 22.8 Å². The second kappa shape index (κ2) is 7.16. The van der Waals surface area contributed by atoms with Crippen LogP contribution in [0.5, 0.6) is 0 Å². The Kier molecular flexibility index (Phi) is 4.35. The number of pyridine rings is 1. The zero-order valence-corrected chi connectivity index (χ0v) is 16.1. The lowest BCUT2D eigenvalue weighted by atomic mass is 9.86. The zero-order chi connectivity index (χ0) is 19.8. The molecule has 7 heteroatoms. The number of aromatic nitrogens is 4. The van der Waals surface area contributed by atoms with Crippen LogP contribution in [0.3, 0.4) is 0 Å². The molecule has 1 amide bonds. The highest BCUT2D eigenvalue weighted by atomic mass is 16.5. The molecule has 2 N–H and O–H groups in total. The lowest BCUT2D eigenvalue weighted by Crippen LogP contribution is -2.31. The standard InChI is InChI=1S/C22H21N5O2/c1-13-8-9-17-16(11-13)14-5-4-6-15(20(14)25-17)22(28)24-12-19-26-21(27-29-19)18-7-2-3-10-23-18/h2-3,7-11,15,25H,4-6,12H2,1H3,(H,24,28). The number of nitrogens with zero attached hydrogens (tertiary/aromatic N) is 3. The summed E-state index contributed by atoms with van der Waals surface area (Å²) in [5, 5.41) is 8.13. The molecule has 1 aliphatic rings. The minimum atomic E-state index is -0.190. The molecule has 3 aromatic heterocycles. The van der Waals surface area contributed by atoms with Crippen LogP contribution in [0.4, 0.5) is 0 Å².